The highest BCUT2D eigenvalue weighted by molar-refractivity contribution is 7.13. The summed E-state index contributed by atoms with van der Waals surface area (Å²) >= 11 is 1.63. The zero-order valence-corrected chi connectivity index (χ0v) is 15.0. The first-order valence-corrected chi connectivity index (χ1v) is 9.17. The maximum absolute atomic E-state index is 11.2. The van der Waals surface area contributed by atoms with Crippen molar-refractivity contribution in [2.75, 3.05) is 32.2 Å². The number of carbonyl (C=O) groups excluding carboxylic acids is 1. The summed E-state index contributed by atoms with van der Waals surface area (Å²) in [4.78, 5) is 21.2. The summed E-state index contributed by atoms with van der Waals surface area (Å²) in [7, 11) is 1.33. The Morgan fingerprint density at radius 2 is 2.23 bits per heavy atom. The Kier molecular flexibility index (Phi) is 5.11. The molecule has 26 heavy (non-hydrogen) atoms. The lowest BCUT2D eigenvalue weighted by Gasteiger charge is -2.18. The molecule has 2 aliphatic rings. The van der Waals surface area contributed by atoms with Gasteiger partial charge in [0.2, 0.25) is 5.95 Å². The predicted molar refractivity (Wildman–Crippen MR) is 94.0 cm³/mol. The summed E-state index contributed by atoms with van der Waals surface area (Å²) < 4.78 is 21.8. The summed E-state index contributed by atoms with van der Waals surface area (Å²) in [6, 6.07) is 5.82. The van der Waals surface area contributed by atoms with Gasteiger partial charge in [-0.15, -0.1) is 11.3 Å². The Bertz CT molecular complexity index is 757. The lowest BCUT2D eigenvalue weighted by Crippen LogP contribution is -2.37. The fourth-order valence-electron chi connectivity index (χ4n) is 3.12. The number of aromatic nitrogens is 2. The number of nitrogens with zero attached hydrogens (tertiary/aromatic N) is 2. The first kappa shape index (κ1) is 17.3. The number of ether oxygens (including phenoxy) is 4. The van der Waals surface area contributed by atoms with Gasteiger partial charge in [-0.05, 0) is 17.5 Å². The van der Waals surface area contributed by atoms with E-state index in [1.54, 1.807) is 17.5 Å². The van der Waals surface area contributed by atoms with E-state index in [-0.39, 0.29) is 31.0 Å². The third kappa shape index (κ3) is 3.56. The molecule has 0 aliphatic carbocycles. The Labute approximate surface area is 154 Å². The van der Waals surface area contributed by atoms with E-state index >= 15 is 0 Å². The molecular formula is C17H19N3O5S. The van der Waals surface area contributed by atoms with Crippen LogP contribution in [0.15, 0.2) is 29.8 Å². The van der Waals surface area contributed by atoms with E-state index < -0.39 is 5.97 Å². The fourth-order valence-corrected chi connectivity index (χ4v) is 3.82. The summed E-state index contributed by atoms with van der Waals surface area (Å²) in [5.74, 6) is 0.118. The molecule has 4 unspecified atom stereocenters. The molecule has 2 aromatic heterocycles. The number of carbonyl (C=O) groups is 1. The third-order valence-electron chi connectivity index (χ3n) is 4.39. The normalized spacial score (nSPS) is 27.3. The summed E-state index contributed by atoms with van der Waals surface area (Å²) in [5, 5.41) is 5.31. The molecule has 0 saturated carbocycles. The molecular weight excluding hydrogens is 358 g/mol. The van der Waals surface area contributed by atoms with Crippen LogP contribution in [-0.4, -0.2) is 67.2 Å². The SMILES string of the molecule is COC(=O)COC1COC2C(Nc3nccc(-c4cccs4)n3)COC12. The molecule has 2 aliphatic heterocycles. The highest BCUT2D eigenvalue weighted by Crippen LogP contribution is 2.30. The van der Waals surface area contributed by atoms with Crippen LogP contribution in [0.3, 0.4) is 0 Å². The number of rotatable bonds is 6. The smallest absolute Gasteiger partial charge is 0.331 e. The van der Waals surface area contributed by atoms with Gasteiger partial charge in [0.15, 0.2) is 0 Å². The zero-order chi connectivity index (χ0) is 17.9. The summed E-state index contributed by atoms with van der Waals surface area (Å²) in [6.45, 7) is 0.724. The summed E-state index contributed by atoms with van der Waals surface area (Å²) in [5.41, 5.74) is 0.875. The molecule has 1 N–H and O–H groups in total. The van der Waals surface area contributed by atoms with Crippen molar-refractivity contribution in [3.8, 4) is 10.6 Å². The molecule has 0 bridgehead atoms. The number of thiophene rings is 1. The van der Waals surface area contributed by atoms with Gasteiger partial charge in [-0.2, -0.15) is 0 Å². The van der Waals surface area contributed by atoms with E-state index in [2.05, 4.69) is 20.0 Å². The first-order chi connectivity index (χ1) is 12.7. The van der Waals surface area contributed by atoms with Crippen molar-refractivity contribution >= 4 is 23.3 Å². The molecule has 0 radical (unpaired) electrons. The van der Waals surface area contributed by atoms with Gasteiger partial charge in [0, 0.05) is 6.20 Å². The molecule has 0 amide bonds. The second-order valence-electron chi connectivity index (χ2n) is 6.02. The van der Waals surface area contributed by atoms with Crippen molar-refractivity contribution in [3.05, 3.63) is 29.8 Å². The molecule has 2 saturated heterocycles. The van der Waals surface area contributed by atoms with E-state index in [0.717, 1.165) is 10.6 Å². The van der Waals surface area contributed by atoms with Crippen molar-refractivity contribution in [2.24, 2.45) is 0 Å². The molecule has 138 valence electrons. The highest BCUT2D eigenvalue weighted by atomic mass is 32.1. The Morgan fingerprint density at radius 1 is 1.35 bits per heavy atom. The van der Waals surface area contributed by atoms with Crippen LogP contribution in [0.5, 0.6) is 0 Å². The lowest BCUT2D eigenvalue weighted by atomic mass is 10.1. The van der Waals surface area contributed by atoms with E-state index in [1.165, 1.54) is 7.11 Å². The van der Waals surface area contributed by atoms with Crippen LogP contribution in [0.1, 0.15) is 0 Å². The minimum atomic E-state index is -0.417. The van der Waals surface area contributed by atoms with Gasteiger partial charge in [0.1, 0.15) is 24.9 Å². The average Bonchev–Trinajstić information content (AvgIpc) is 3.39. The highest BCUT2D eigenvalue weighted by Gasteiger charge is 2.48. The zero-order valence-electron chi connectivity index (χ0n) is 14.2. The second kappa shape index (κ2) is 7.67. The van der Waals surface area contributed by atoms with Gasteiger partial charge < -0.3 is 24.3 Å². The molecule has 2 aromatic rings. The van der Waals surface area contributed by atoms with Gasteiger partial charge in [-0.1, -0.05) is 6.07 Å². The molecule has 4 heterocycles. The topological polar surface area (TPSA) is 91.8 Å². The number of fused-ring (bicyclic) bond motifs is 1. The standard InChI is InChI=1S/C17H19N3O5S/c1-22-14(21)9-23-12-8-25-15-11(7-24-16(12)15)20-17-18-5-4-10(19-17)13-3-2-6-26-13/h2-6,11-12,15-16H,7-9H2,1H3,(H,18,19,20). The third-order valence-corrected chi connectivity index (χ3v) is 5.29. The average molecular weight is 377 g/mol. The van der Waals surface area contributed by atoms with Crippen LogP contribution in [0, 0.1) is 0 Å². The molecule has 8 nitrogen and oxygen atoms in total. The van der Waals surface area contributed by atoms with Crippen molar-refractivity contribution in [1.82, 2.24) is 9.97 Å². The van der Waals surface area contributed by atoms with Gasteiger partial charge in [-0.3, -0.25) is 0 Å². The minimum absolute atomic E-state index is 0.0784. The molecule has 4 rings (SSSR count). The maximum atomic E-state index is 11.2. The minimum Gasteiger partial charge on any atom is -0.467 e. The molecule has 2 fully saturated rings. The number of hydrogen-bond donors (Lipinski definition) is 1. The predicted octanol–water partition coefficient (Wildman–Crippen LogP) is 1.34. The second-order valence-corrected chi connectivity index (χ2v) is 6.96. The van der Waals surface area contributed by atoms with Crippen molar-refractivity contribution in [1.29, 1.82) is 0 Å². The van der Waals surface area contributed by atoms with Crippen LogP contribution in [0.25, 0.3) is 10.6 Å². The van der Waals surface area contributed by atoms with E-state index in [9.17, 15) is 4.79 Å². The van der Waals surface area contributed by atoms with Gasteiger partial charge in [-0.25, -0.2) is 14.8 Å². The molecule has 0 spiro atoms. The Hall–Kier alpha value is -2.07. The van der Waals surface area contributed by atoms with Crippen molar-refractivity contribution in [2.45, 2.75) is 24.4 Å². The van der Waals surface area contributed by atoms with Crippen LogP contribution in [0.4, 0.5) is 5.95 Å². The fraction of sp³-hybridized carbons (Fsp3) is 0.471. The van der Waals surface area contributed by atoms with Crippen molar-refractivity contribution in [3.63, 3.8) is 0 Å². The van der Waals surface area contributed by atoms with Gasteiger partial charge in [0.25, 0.3) is 0 Å². The van der Waals surface area contributed by atoms with E-state index in [4.69, 9.17) is 14.2 Å². The largest absolute Gasteiger partial charge is 0.467 e. The first-order valence-electron chi connectivity index (χ1n) is 8.29. The Balaban J connectivity index is 1.38. The molecule has 9 heteroatoms. The van der Waals surface area contributed by atoms with E-state index in [1.807, 2.05) is 23.6 Å². The monoisotopic (exact) mass is 377 g/mol. The van der Waals surface area contributed by atoms with Crippen molar-refractivity contribution < 1.29 is 23.7 Å². The Morgan fingerprint density at radius 3 is 3.04 bits per heavy atom. The maximum Gasteiger partial charge on any atom is 0.331 e. The summed E-state index contributed by atoms with van der Waals surface area (Å²) in [6.07, 6.45) is 1.05. The van der Waals surface area contributed by atoms with Crippen LogP contribution >= 0.6 is 11.3 Å². The number of anilines is 1. The van der Waals surface area contributed by atoms with Crippen LogP contribution in [0.2, 0.25) is 0 Å². The van der Waals surface area contributed by atoms with Crippen LogP contribution < -0.4 is 5.32 Å². The molecule has 0 aromatic carbocycles. The molecule has 4 atom stereocenters. The number of methoxy groups -OCH3 is 1. The number of esters is 1. The van der Waals surface area contributed by atoms with Crippen LogP contribution in [-0.2, 0) is 23.7 Å². The lowest BCUT2D eigenvalue weighted by molar-refractivity contribution is -0.149. The van der Waals surface area contributed by atoms with Gasteiger partial charge >= 0.3 is 5.97 Å². The number of hydrogen-bond acceptors (Lipinski definition) is 9. The van der Waals surface area contributed by atoms with Gasteiger partial charge in [0.05, 0.1) is 36.9 Å². The quantitative estimate of drug-likeness (QED) is 0.754. The van der Waals surface area contributed by atoms with E-state index in [0.29, 0.717) is 19.2 Å². The number of nitrogens with one attached hydrogen (secondary N) is 1.